The molecule has 4 nitrogen and oxygen atoms in total. The molecule has 0 unspecified atom stereocenters. The number of benzene rings is 1. The van der Waals surface area contributed by atoms with Gasteiger partial charge in [-0.15, -0.1) is 0 Å². The predicted octanol–water partition coefficient (Wildman–Crippen LogP) is 3.11. The van der Waals surface area contributed by atoms with Crippen LogP contribution in [0.1, 0.15) is 12.5 Å². The lowest BCUT2D eigenvalue weighted by Crippen LogP contribution is -1.98. The zero-order chi connectivity index (χ0) is 13.0. The van der Waals surface area contributed by atoms with Crippen molar-refractivity contribution in [3.63, 3.8) is 0 Å². The fourth-order valence-electron chi connectivity index (χ4n) is 1.59. The number of nitrogens with zero attached hydrogens (tertiary/aromatic N) is 1. The zero-order valence-electron chi connectivity index (χ0n) is 10.6. The summed E-state index contributed by atoms with van der Waals surface area (Å²) in [4.78, 5) is 4.28. The maximum absolute atomic E-state index is 5.85. The summed E-state index contributed by atoms with van der Waals surface area (Å²) in [5, 5.41) is 3.20. The molecule has 0 spiro atoms. The molecule has 0 atom stereocenters. The van der Waals surface area contributed by atoms with Crippen molar-refractivity contribution >= 4 is 17.2 Å². The third-order valence-electron chi connectivity index (χ3n) is 2.56. The van der Waals surface area contributed by atoms with Gasteiger partial charge in [0.1, 0.15) is 11.6 Å². The maximum Gasteiger partial charge on any atom is 0.132 e. The second-order valence-corrected chi connectivity index (χ2v) is 4.01. The topological polar surface area (TPSA) is 60.2 Å². The smallest absolute Gasteiger partial charge is 0.132 e. The summed E-state index contributed by atoms with van der Waals surface area (Å²) in [7, 11) is 0. The van der Waals surface area contributed by atoms with E-state index >= 15 is 0 Å². The van der Waals surface area contributed by atoms with Gasteiger partial charge in [0.2, 0.25) is 0 Å². The van der Waals surface area contributed by atoms with Crippen molar-refractivity contribution in [2.24, 2.45) is 0 Å². The number of aromatic nitrogens is 1. The van der Waals surface area contributed by atoms with Crippen LogP contribution in [0.4, 0.5) is 17.2 Å². The highest BCUT2D eigenvalue weighted by Gasteiger charge is 2.00. The molecule has 1 aromatic heterocycles. The van der Waals surface area contributed by atoms with Gasteiger partial charge in [-0.05, 0) is 31.5 Å². The fourth-order valence-corrected chi connectivity index (χ4v) is 1.59. The number of nitrogen functional groups attached to an aromatic ring is 1. The van der Waals surface area contributed by atoms with Gasteiger partial charge in [-0.2, -0.15) is 0 Å². The Hall–Kier alpha value is -2.23. The Morgan fingerprint density at radius 2 is 2.17 bits per heavy atom. The van der Waals surface area contributed by atoms with Crippen LogP contribution in [0.2, 0.25) is 0 Å². The Labute approximate surface area is 107 Å². The summed E-state index contributed by atoms with van der Waals surface area (Å²) in [5.41, 5.74) is 8.48. The highest BCUT2D eigenvalue weighted by molar-refractivity contribution is 5.62. The molecule has 0 radical (unpaired) electrons. The number of pyridine rings is 1. The third kappa shape index (κ3) is 2.91. The SMILES string of the molecule is CCOc1cccc(Nc2cc(N)c(C)cn2)c1. The van der Waals surface area contributed by atoms with Crippen molar-refractivity contribution < 1.29 is 4.74 Å². The largest absolute Gasteiger partial charge is 0.494 e. The van der Waals surface area contributed by atoms with Crippen LogP contribution in [0.3, 0.4) is 0 Å². The molecule has 0 saturated heterocycles. The summed E-state index contributed by atoms with van der Waals surface area (Å²) >= 11 is 0. The van der Waals surface area contributed by atoms with Gasteiger partial charge in [-0.25, -0.2) is 4.98 Å². The minimum Gasteiger partial charge on any atom is -0.494 e. The van der Waals surface area contributed by atoms with E-state index in [1.165, 1.54) is 0 Å². The van der Waals surface area contributed by atoms with Crippen LogP contribution in [0.25, 0.3) is 0 Å². The van der Waals surface area contributed by atoms with Gasteiger partial charge in [-0.3, -0.25) is 0 Å². The van der Waals surface area contributed by atoms with E-state index in [4.69, 9.17) is 10.5 Å². The van der Waals surface area contributed by atoms with E-state index in [0.717, 1.165) is 28.5 Å². The lowest BCUT2D eigenvalue weighted by atomic mass is 10.2. The average molecular weight is 243 g/mol. The van der Waals surface area contributed by atoms with Crippen LogP contribution >= 0.6 is 0 Å². The number of hydrogen-bond acceptors (Lipinski definition) is 4. The van der Waals surface area contributed by atoms with E-state index in [0.29, 0.717) is 6.61 Å². The van der Waals surface area contributed by atoms with E-state index in [9.17, 15) is 0 Å². The number of nitrogens with one attached hydrogen (secondary N) is 1. The van der Waals surface area contributed by atoms with Crippen LogP contribution in [0.5, 0.6) is 5.75 Å². The second kappa shape index (κ2) is 5.40. The quantitative estimate of drug-likeness (QED) is 0.866. The molecule has 1 aromatic carbocycles. The highest BCUT2D eigenvalue weighted by atomic mass is 16.5. The van der Waals surface area contributed by atoms with Gasteiger partial charge >= 0.3 is 0 Å². The second-order valence-electron chi connectivity index (χ2n) is 4.01. The molecule has 3 N–H and O–H groups in total. The molecular weight excluding hydrogens is 226 g/mol. The first kappa shape index (κ1) is 12.2. The van der Waals surface area contributed by atoms with Crippen molar-refractivity contribution in [2.45, 2.75) is 13.8 Å². The number of anilines is 3. The summed E-state index contributed by atoms with van der Waals surface area (Å²) < 4.78 is 5.44. The van der Waals surface area contributed by atoms with Crippen LogP contribution < -0.4 is 15.8 Å². The van der Waals surface area contributed by atoms with Gasteiger partial charge in [0.15, 0.2) is 0 Å². The van der Waals surface area contributed by atoms with Crippen LogP contribution in [0, 0.1) is 6.92 Å². The van der Waals surface area contributed by atoms with E-state index in [2.05, 4.69) is 10.3 Å². The molecule has 94 valence electrons. The van der Waals surface area contributed by atoms with Crippen molar-refractivity contribution in [3.8, 4) is 5.75 Å². The standard InChI is InChI=1S/C14H17N3O/c1-3-18-12-6-4-5-11(7-12)17-14-8-13(15)10(2)9-16-14/h4-9H,3H2,1-2H3,(H3,15,16,17). The van der Waals surface area contributed by atoms with Crippen molar-refractivity contribution in [3.05, 3.63) is 42.1 Å². The lowest BCUT2D eigenvalue weighted by molar-refractivity contribution is 0.340. The van der Waals surface area contributed by atoms with Crippen LogP contribution in [0.15, 0.2) is 36.5 Å². The Morgan fingerprint density at radius 3 is 2.89 bits per heavy atom. The molecule has 0 fully saturated rings. The first-order chi connectivity index (χ1) is 8.69. The molecule has 0 saturated carbocycles. The molecule has 2 aromatic rings. The molecule has 4 heteroatoms. The molecule has 18 heavy (non-hydrogen) atoms. The minimum absolute atomic E-state index is 0.652. The van der Waals surface area contributed by atoms with Crippen molar-refractivity contribution in [1.29, 1.82) is 0 Å². The van der Waals surface area contributed by atoms with Gasteiger partial charge in [0.25, 0.3) is 0 Å². The monoisotopic (exact) mass is 243 g/mol. The van der Waals surface area contributed by atoms with Crippen LogP contribution in [-0.2, 0) is 0 Å². The zero-order valence-corrected chi connectivity index (χ0v) is 10.6. The Morgan fingerprint density at radius 1 is 1.33 bits per heavy atom. The van der Waals surface area contributed by atoms with Crippen molar-refractivity contribution in [2.75, 3.05) is 17.7 Å². The summed E-state index contributed by atoms with van der Waals surface area (Å²) in [6.07, 6.45) is 1.75. The number of ether oxygens (including phenoxy) is 1. The Bertz CT molecular complexity index is 540. The fraction of sp³-hybridized carbons (Fsp3) is 0.214. The number of rotatable bonds is 4. The lowest BCUT2D eigenvalue weighted by Gasteiger charge is -2.09. The first-order valence-corrected chi connectivity index (χ1v) is 5.91. The maximum atomic E-state index is 5.85. The summed E-state index contributed by atoms with van der Waals surface area (Å²) in [6.45, 7) is 4.54. The third-order valence-corrected chi connectivity index (χ3v) is 2.56. The molecule has 0 amide bonds. The first-order valence-electron chi connectivity index (χ1n) is 5.91. The van der Waals surface area contributed by atoms with Crippen molar-refractivity contribution in [1.82, 2.24) is 4.98 Å². The van der Waals surface area contributed by atoms with E-state index in [-0.39, 0.29) is 0 Å². The molecule has 0 aliphatic rings. The molecular formula is C14H17N3O. The molecule has 2 rings (SSSR count). The summed E-state index contributed by atoms with van der Waals surface area (Å²) in [5.74, 6) is 1.56. The van der Waals surface area contributed by atoms with Gasteiger partial charge in [-0.1, -0.05) is 6.07 Å². The average Bonchev–Trinajstić information content (AvgIpc) is 2.35. The number of aryl methyl sites for hydroxylation is 1. The normalized spacial score (nSPS) is 10.1. The number of hydrogen-bond donors (Lipinski definition) is 2. The summed E-state index contributed by atoms with van der Waals surface area (Å²) in [6, 6.07) is 9.57. The number of nitrogens with two attached hydrogens (primary N) is 1. The molecule has 0 aliphatic heterocycles. The Kier molecular flexibility index (Phi) is 3.67. The van der Waals surface area contributed by atoms with Crippen LogP contribution in [-0.4, -0.2) is 11.6 Å². The van der Waals surface area contributed by atoms with E-state index < -0.39 is 0 Å². The minimum atomic E-state index is 0.652. The molecule has 0 bridgehead atoms. The molecule has 0 aliphatic carbocycles. The van der Waals surface area contributed by atoms with Gasteiger partial charge < -0.3 is 15.8 Å². The van der Waals surface area contributed by atoms with Gasteiger partial charge in [0.05, 0.1) is 6.61 Å². The van der Waals surface area contributed by atoms with E-state index in [1.807, 2.05) is 44.2 Å². The van der Waals surface area contributed by atoms with E-state index in [1.54, 1.807) is 6.20 Å². The van der Waals surface area contributed by atoms with Gasteiger partial charge in [0, 0.05) is 29.7 Å². The highest BCUT2D eigenvalue weighted by Crippen LogP contribution is 2.22. The predicted molar refractivity (Wildman–Crippen MR) is 74.3 cm³/mol. The molecule has 1 heterocycles. The Balaban J connectivity index is 2.17.